The first-order chi connectivity index (χ1) is 18.8. The van der Waals surface area contributed by atoms with E-state index in [-0.39, 0.29) is 0 Å². The molecule has 0 heteroatoms. The molecule has 7 rings (SSSR count). The third-order valence-electron chi connectivity index (χ3n) is 7.38. The summed E-state index contributed by atoms with van der Waals surface area (Å²) in [5, 5.41) is 10.3. The largest absolute Gasteiger partial charge is 0.0622 e. The van der Waals surface area contributed by atoms with Gasteiger partial charge in [-0.25, -0.2) is 0 Å². The molecule has 0 heterocycles. The van der Waals surface area contributed by atoms with Gasteiger partial charge in [-0.15, -0.1) is 0 Å². The van der Waals surface area contributed by atoms with Crippen molar-refractivity contribution in [1.82, 2.24) is 0 Å². The highest BCUT2D eigenvalue weighted by molar-refractivity contribution is 6.27. The second kappa shape index (κ2) is 9.50. The summed E-state index contributed by atoms with van der Waals surface area (Å²) < 4.78 is 0. The van der Waals surface area contributed by atoms with Gasteiger partial charge in [-0.05, 0) is 89.6 Å². The molecule has 0 amide bonds. The van der Waals surface area contributed by atoms with Crippen LogP contribution < -0.4 is 0 Å². The van der Waals surface area contributed by atoms with Crippen LogP contribution in [0.2, 0.25) is 0 Å². The van der Waals surface area contributed by atoms with Crippen LogP contribution in [0.1, 0.15) is 22.3 Å². The average molecular weight is 483 g/mol. The molecule has 0 bridgehead atoms. The van der Waals surface area contributed by atoms with Crippen LogP contribution in [-0.2, 0) is 0 Å². The van der Waals surface area contributed by atoms with Crippen molar-refractivity contribution in [3.05, 3.63) is 156 Å². The van der Waals surface area contributed by atoms with E-state index in [2.05, 4.69) is 158 Å². The lowest BCUT2D eigenvalue weighted by Gasteiger charge is -2.13. The quantitative estimate of drug-likeness (QED) is 0.133. The van der Waals surface area contributed by atoms with Crippen LogP contribution in [0.5, 0.6) is 0 Å². The Morgan fingerprint density at radius 2 is 0.632 bits per heavy atom. The molecule has 0 saturated heterocycles. The molecule has 0 fully saturated rings. The number of hydrogen-bond acceptors (Lipinski definition) is 0. The zero-order chi connectivity index (χ0) is 25.3. The topological polar surface area (TPSA) is 0 Å². The van der Waals surface area contributed by atoms with Gasteiger partial charge in [0.05, 0.1) is 0 Å². The highest BCUT2D eigenvalue weighted by Gasteiger charge is 2.11. The minimum Gasteiger partial charge on any atom is -0.0622 e. The molecule has 178 valence electrons. The molecule has 0 saturated carbocycles. The molecule has 38 heavy (non-hydrogen) atoms. The van der Waals surface area contributed by atoms with Gasteiger partial charge in [0.1, 0.15) is 0 Å². The van der Waals surface area contributed by atoms with E-state index in [0.29, 0.717) is 0 Å². The molecule has 0 spiro atoms. The van der Waals surface area contributed by atoms with Gasteiger partial charge in [0, 0.05) is 0 Å². The fourth-order valence-corrected chi connectivity index (χ4v) is 5.45. The van der Waals surface area contributed by atoms with Crippen molar-refractivity contribution in [2.24, 2.45) is 0 Å². The van der Waals surface area contributed by atoms with Crippen molar-refractivity contribution in [1.29, 1.82) is 0 Å². The first kappa shape index (κ1) is 22.3. The minimum absolute atomic E-state index is 1.20. The number of hydrogen-bond donors (Lipinski definition) is 0. The van der Waals surface area contributed by atoms with Gasteiger partial charge < -0.3 is 0 Å². The van der Waals surface area contributed by atoms with E-state index in [0.717, 1.165) is 0 Å². The molecule has 0 radical (unpaired) electrons. The molecule has 0 nitrogen and oxygen atoms in total. The van der Waals surface area contributed by atoms with Gasteiger partial charge in [-0.1, -0.05) is 133 Å². The van der Waals surface area contributed by atoms with E-state index in [1.807, 2.05) is 0 Å². The summed E-state index contributed by atoms with van der Waals surface area (Å²) in [6, 6.07) is 48.1. The second-order valence-electron chi connectivity index (χ2n) is 9.84. The van der Waals surface area contributed by atoms with Gasteiger partial charge in [-0.3, -0.25) is 0 Å². The maximum atomic E-state index is 2.36. The molecule has 0 aliphatic heterocycles. The lowest BCUT2D eigenvalue weighted by atomic mass is 9.90. The lowest BCUT2D eigenvalue weighted by molar-refractivity contribution is 1.66. The third-order valence-corrected chi connectivity index (χ3v) is 7.38. The Hall–Kier alpha value is -4.94. The van der Waals surface area contributed by atoms with Crippen LogP contribution in [0, 0.1) is 0 Å². The summed E-state index contributed by atoms with van der Waals surface area (Å²) in [5.74, 6) is 0. The van der Waals surface area contributed by atoms with Crippen molar-refractivity contribution in [2.75, 3.05) is 0 Å². The highest BCUT2D eigenvalue weighted by atomic mass is 14.1. The molecular formula is C38H26. The Bertz CT molecular complexity index is 1840. The molecular weight excluding hydrogens is 456 g/mol. The fraction of sp³-hybridized carbons (Fsp3) is 0. The van der Waals surface area contributed by atoms with Crippen molar-refractivity contribution in [2.45, 2.75) is 0 Å². The summed E-state index contributed by atoms with van der Waals surface area (Å²) in [6.07, 6.45) is 8.80. The molecule has 0 atom stereocenters. The molecule has 0 unspecified atom stereocenters. The predicted octanol–water partition coefficient (Wildman–Crippen LogP) is 10.6. The number of rotatable bonds is 4. The van der Waals surface area contributed by atoms with E-state index in [1.54, 1.807) is 0 Å². The van der Waals surface area contributed by atoms with E-state index in [1.165, 1.54) is 65.3 Å². The monoisotopic (exact) mass is 482 g/mol. The molecule has 7 aromatic rings. The normalized spacial score (nSPS) is 12.0. The Morgan fingerprint density at radius 3 is 1.08 bits per heavy atom. The van der Waals surface area contributed by atoms with E-state index < -0.39 is 0 Å². The molecule has 7 aromatic carbocycles. The Kier molecular flexibility index (Phi) is 5.57. The minimum atomic E-state index is 1.20. The van der Waals surface area contributed by atoms with E-state index in [9.17, 15) is 0 Å². The zero-order valence-corrected chi connectivity index (χ0v) is 21.0. The maximum absolute atomic E-state index is 2.36. The lowest BCUT2D eigenvalue weighted by Crippen LogP contribution is -1.86. The van der Waals surface area contributed by atoms with Crippen LogP contribution in [-0.4, -0.2) is 0 Å². The van der Waals surface area contributed by atoms with Crippen molar-refractivity contribution < 1.29 is 0 Å². The number of fused-ring (bicyclic) bond motifs is 7. The summed E-state index contributed by atoms with van der Waals surface area (Å²) in [5.41, 5.74) is 4.81. The van der Waals surface area contributed by atoms with Crippen LogP contribution in [0.3, 0.4) is 0 Å². The van der Waals surface area contributed by atoms with Crippen molar-refractivity contribution in [3.8, 4) is 0 Å². The van der Waals surface area contributed by atoms with Crippen LogP contribution >= 0.6 is 0 Å². The fourth-order valence-electron chi connectivity index (χ4n) is 5.45. The SMILES string of the molecule is C(=Cc1ccc2c(c1)c1cc(/C=C/c3ccccc3)ccc1c1cc3ccccc3cc21)c1ccccc1. The summed E-state index contributed by atoms with van der Waals surface area (Å²) in [4.78, 5) is 0. The van der Waals surface area contributed by atoms with Gasteiger partial charge in [0.25, 0.3) is 0 Å². The van der Waals surface area contributed by atoms with Gasteiger partial charge in [0.15, 0.2) is 0 Å². The van der Waals surface area contributed by atoms with E-state index in [4.69, 9.17) is 0 Å². The van der Waals surface area contributed by atoms with Gasteiger partial charge >= 0.3 is 0 Å². The first-order valence-electron chi connectivity index (χ1n) is 13.1. The zero-order valence-electron chi connectivity index (χ0n) is 21.0. The molecule has 0 aliphatic carbocycles. The van der Waals surface area contributed by atoms with E-state index >= 15 is 0 Å². The van der Waals surface area contributed by atoms with Crippen LogP contribution in [0.25, 0.3) is 67.4 Å². The summed E-state index contributed by atoms with van der Waals surface area (Å²) in [6.45, 7) is 0. The maximum Gasteiger partial charge on any atom is -0.00926 e. The summed E-state index contributed by atoms with van der Waals surface area (Å²) in [7, 11) is 0. The van der Waals surface area contributed by atoms with Crippen molar-refractivity contribution in [3.63, 3.8) is 0 Å². The highest BCUT2D eigenvalue weighted by Crippen LogP contribution is 2.38. The molecule has 0 N–H and O–H groups in total. The Balaban J connectivity index is 1.47. The number of benzene rings is 7. The first-order valence-corrected chi connectivity index (χ1v) is 13.1. The predicted molar refractivity (Wildman–Crippen MR) is 167 cm³/mol. The van der Waals surface area contributed by atoms with Gasteiger partial charge in [0.2, 0.25) is 0 Å². The molecule has 0 aromatic heterocycles. The third kappa shape index (κ3) is 4.17. The van der Waals surface area contributed by atoms with Crippen LogP contribution in [0.15, 0.2) is 133 Å². The molecule has 0 aliphatic rings. The van der Waals surface area contributed by atoms with Crippen molar-refractivity contribution >= 4 is 67.4 Å². The average Bonchev–Trinajstić information content (AvgIpc) is 2.99. The van der Waals surface area contributed by atoms with Gasteiger partial charge in [-0.2, -0.15) is 0 Å². The smallest absolute Gasteiger partial charge is 0.00926 e. The Morgan fingerprint density at radius 1 is 0.263 bits per heavy atom. The summed E-state index contributed by atoms with van der Waals surface area (Å²) >= 11 is 0. The van der Waals surface area contributed by atoms with Crippen LogP contribution in [0.4, 0.5) is 0 Å². The Labute approximate surface area is 222 Å². The second-order valence-corrected chi connectivity index (χ2v) is 9.84. The standard InChI is InChI=1S/C38H26/c1-3-9-27(10-4-1)15-17-29-19-21-33-35(23-29)36-24-30(18-16-28-11-5-2-6-12-28)20-22-34(36)38-26-32-14-8-7-13-31(32)25-37(33)38/h1-26H/b17-15+,18-16?.